The van der Waals surface area contributed by atoms with Crippen molar-refractivity contribution in [3.05, 3.63) is 35.9 Å². The summed E-state index contributed by atoms with van der Waals surface area (Å²) in [7, 11) is 0. The molecule has 1 saturated heterocycles. The van der Waals surface area contributed by atoms with Gasteiger partial charge in [-0.25, -0.2) is 0 Å². The van der Waals surface area contributed by atoms with Gasteiger partial charge < -0.3 is 9.47 Å². The lowest BCUT2D eigenvalue weighted by Crippen LogP contribution is -2.51. The minimum Gasteiger partial charge on any atom is -0.370 e. The van der Waals surface area contributed by atoms with Crippen LogP contribution in [-0.2, 0) is 15.1 Å². The molecule has 1 aliphatic rings. The fourth-order valence-electron chi connectivity index (χ4n) is 2.21. The largest absolute Gasteiger partial charge is 0.370 e. The molecule has 0 aromatic heterocycles. The van der Waals surface area contributed by atoms with E-state index in [0.29, 0.717) is 0 Å². The Morgan fingerprint density at radius 1 is 1.00 bits per heavy atom. The average molecular weight is 220 g/mol. The van der Waals surface area contributed by atoms with Gasteiger partial charge in [0, 0.05) is 0 Å². The molecule has 0 bridgehead atoms. The van der Waals surface area contributed by atoms with E-state index in [4.69, 9.17) is 9.47 Å². The first-order chi connectivity index (χ1) is 7.54. The Morgan fingerprint density at radius 3 is 2.25 bits per heavy atom. The first-order valence-corrected chi connectivity index (χ1v) is 5.93. The highest BCUT2D eigenvalue weighted by atomic mass is 16.6. The molecule has 1 aromatic carbocycles. The van der Waals surface area contributed by atoms with Crippen molar-refractivity contribution in [3.63, 3.8) is 0 Å². The SMILES string of the molecule is CC1OC(C)C(C)(c2ccccc2)OC1C. The second kappa shape index (κ2) is 4.19. The summed E-state index contributed by atoms with van der Waals surface area (Å²) < 4.78 is 12.1. The van der Waals surface area contributed by atoms with Gasteiger partial charge in [0.2, 0.25) is 0 Å². The van der Waals surface area contributed by atoms with Gasteiger partial charge in [-0.05, 0) is 33.3 Å². The van der Waals surface area contributed by atoms with Crippen LogP contribution in [0.15, 0.2) is 30.3 Å². The third-order valence-corrected chi connectivity index (χ3v) is 3.63. The van der Waals surface area contributed by atoms with Crippen LogP contribution in [0.3, 0.4) is 0 Å². The maximum Gasteiger partial charge on any atom is 0.117 e. The van der Waals surface area contributed by atoms with Crippen LogP contribution in [0.5, 0.6) is 0 Å². The molecule has 1 aliphatic heterocycles. The van der Waals surface area contributed by atoms with E-state index >= 15 is 0 Å². The van der Waals surface area contributed by atoms with E-state index in [9.17, 15) is 0 Å². The van der Waals surface area contributed by atoms with Crippen molar-refractivity contribution in [1.82, 2.24) is 0 Å². The lowest BCUT2D eigenvalue weighted by Gasteiger charge is -2.45. The highest BCUT2D eigenvalue weighted by Crippen LogP contribution is 2.37. The molecule has 0 radical (unpaired) electrons. The van der Waals surface area contributed by atoms with Crippen molar-refractivity contribution in [2.24, 2.45) is 0 Å². The van der Waals surface area contributed by atoms with Gasteiger partial charge in [0.05, 0.1) is 18.3 Å². The Hall–Kier alpha value is -0.860. The Bertz CT molecular complexity index is 349. The molecule has 4 unspecified atom stereocenters. The predicted octanol–water partition coefficient (Wildman–Crippen LogP) is 3.11. The summed E-state index contributed by atoms with van der Waals surface area (Å²) >= 11 is 0. The zero-order chi connectivity index (χ0) is 11.8. The molecule has 2 nitrogen and oxygen atoms in total. The highest BCUT2D eigenvalue weighted by Gasteiger charge is 2.42. The van der Waals surface area contributed by atoms with E-state index < -0.39 is 0 Å². The molecule has 0 N–H and O–H groups in total. The van der Waals surface area contributed by atoms with E-state index in [1.165, 1.54) is 5.56 Å². The maximum absolute atomic E-state index is 6.16. The molecule has 0 spiro atoms. The highest BCUT2D eigenvalue weighted by molar-refractivity contribution is 5.23. The Balaban J connectivity index is 2.31. The fraction of sp³-hybridized carbons (Fsp3) is 0.571. The van der Waals surface area contributed by atoms with Gasteiger partial charge in [-0.1, -0.05) is 30.3 Å². The Labute approximate surface area is 97.6 Å². The van der Waals surface area contributed by atoms with Crippen molar-refractivity contribution >= 4 is 0 Å². The van der Waals surface area contributed by atoms with Crippen LogP contribution in [0, 0.1) is 0 Å². The minimum absolute atomic E-state index is 0.0705. The van der Waals surface area contributed by atoms with Gasteiger partial charge in [0.25, 0.3) is 0 Å². The molecule has 1 heterocycles. The van der Waals surface area contributed by atoms with Crippen LogP contribution in [-0.4, -0.2) is 18.3 Å². The lowest BCUT2D eigenvalue weighted by molar-refractivity contribution is -0.255. The van der Waals surface area contributed by atoms with Gasteiger partial charge in [-0.15, -0.1) is 0 Å². The van der Waals surface area contributed by atoms with Crippen molar-refractivity contribution in [2.45, 2.75) is 51.6 Å². The first-order valence-electron chi connectivity index (χ1n) is 5.93. The molecule has 0 amide bonds. The molecule has 2 rings (SSSR count). The van der Waals surface area contributed by atoms with Crippen LogP contribution < -0.4 is 0 Å². The van der Waals surface area contributed by atoms with E-state index in [-0.39, 0.29) is 23.9 Å². The maximum atomic E-state index is 6.16. The first kappa shape index (κ1) is 11.6. The minimum atomic E-state index is -0.340. The molecule has 88 valence electrons. The number of ether oxygens (including phenoxy) is 2. The summed E-state index contributed by atoms with van der Waals surface area (Å²) in [5.74, 6) is 0. The monoisotopic (exact) mass is 220 g/mol. The summed E-state index contributed by atoms with van der Waals surface area (Å²) in [6, 6.07) is 10.3. The van der Waals surface area contributed by atoms with Gasteiger partial charge in [0.1, 0.15) is 5.60 Å². The molecule has 0 aliphatic carbocycles. The molecule has 0 saturated carbocycles. The fourth-order valence-corrected chi connectivity index (χ4v) is 2.21. The van der Waals surface area contributed by atoms with E-state index in [1.54, 1.807) is 0 Å². The van der Waals surface area contributed by atoms with E-state index in [0.717, 1.165) is 0 Å². The number of benzene rings is 1. The van der Waals surface area contributed by atoms with Crippen molar-refractivity contribution in [3.8, 4) is 0 Å². The van der Waals surface area contributed by atoms with E-state index in [2.05, 4.69) is 39.8 Å². The third kappa shape index (κ3) is 1.87. The quantitative estimate of drug-likeness (QED) is 0.724. The molecular formula is C14H20O2. The van der Waals surface area contributed by atoms with Crippen molar-refractivity contribution in [2.75, 3.05) is 0 Å². The zero-order valence-electron chi connectivity index (χ0n) is 10.4. The lowest BCUT2D eigenvalue weighted by atomic mass is 9.88. The number of hydrogen-bond donors (Lipinski definition) is 0. The Kier molecular flexibility index (Phi) is 3.04. The van der Waals surface area contributed by atoms with Gasteiger partial charge in [-0.3, -0.25) is 0 Å². The van der Waals surface area contributed by atoms with Crippen LogP contribution in [0.2, 0.25) is 0 Å². The van der Waals surface area contributed by atoms with Gasteiger partial charge in [-0.2, -0.15) is 0 Å². The van der Waals surface area contributed by atoms with Crippen LogP contribution in [0.4, 0.5) is 0 Å². The molecular weight excluding hydrogens is 200 g/mol. The van der Waals surface area contributed by atoms with Gasteiger partial charge >= 0.3 is 0 Å². The van der Waals surface area contributed by atoms with Crippen LogP contribution in [0.25, 0.3) is 0 Å². The second-order valence-corrected chi connectivity index (χ2v) is 4.78. The third-order valence-electron chi connectivity index (χ3n) is 3.63. The predicted molar refractivity (Wildman–Crippen MR) is 64.4 cm³/mol. The molecule has 16 heavy (non-hydrogen) atoms. The summed E-state index contributed by atoms with van der Waals surface area (Å²) in [6.07, 6.45) is 0.356. The van der Waals surface area contributed by atoms with E-state index in [1.807, 2.05) is 18.2 Å². The smallest absolute Gasteiger partial charge is 0.117 e. The number of rotatable bonds is 1. The molecule has 1 fully saturated rings. The molecule has 4 atom stereocenters. The normalized spacial score (nSPS) is 39.6. The summed E-state index contributed by atoms with van der Waals surface area (Å²) in [5.41, 5.74) is 0.842. The molecule has 1 aromatic rings. The Morgan fingerprint density at radius 2 is 1.62 bits per heavy atom. The van der Waals surface area contributed by atoms with Crippen molar-refractivity contribution in [1.29, 1.82) is 0 Å². The van der Waals surface area contributed by atoms with Crippen LogP contribution in [0.1, 0.15) is 33.3 Å². The summed E-state index contributed by atoms with van der Waals surface area (Å²) in [5, 5.41) is 0. The second-order valence-electron chi connectivity index (χ2n) is 4.78. The summed E-state index contributed by atoms with van der Waals surface area (Å²) in [6.45, 7) is 8.31. The average Bonchev–Trinajstić information content (AvgIpc) is 2.28. The molecule has 2 heteroatoms. The van der Waals surface area contributed by atoms with Crippen molar-refractivity contribution < 1.29 is 9.47 Å². The van der Waals surface area contributed by atoms with Gasteiger partial charge in [0.15, 0.2) is 0 Å². The number of hydrogen-bond acceptors (Lipinski definition) is 2. The summed E-state index contributed by atoms with van der Waals surface area (Å²) in [4.78, 5) is 0. The topological polar surface area (TPSA) is 18.5 Å². The zero-order valence-corrected chi connectivity index (χ0v) is 10.4. The van der Waals surface area contributed by atoms with Crippen LogP contribution >= 0.6 is 0 Å². The standard InChI is InChI=1S/C14H20O2/c1-10-11(2)16-14(4,12(3)15-10)13-8-6-5-7-9-13/h5-12H,1-4H3.